The van der Waals surface area contributed by atoms with E-state index < -0.39 is 5.97 Å². The highest BCUT2D eigenvalue weighted by Crippen LogP contribution is 2.41. The second-order valence-electron chi connectivity index (χ2n) is 10.7. The molecule has 1 aromatic carbocycles. The summed E-state index contributed by atoms with van der Waals surface area (Å²) in [4.78, 5) is 10.9. The summed E-state index contributed by atoms with van der Waals surface area (Å²) in [5.41, 5.74) is 5.40. The van der Waals surface area contributed by atoms with Crippen molar-refractivity contribution in [3.8, 4) is 5.75 Å². The summed E-state index contributed by atoms with van der Waals surface area (Å²) in [7, 11) is 0. The van der Waals surface area contributed by atoms with Crippen LogP contribution in [0.3, 0.4) is 0 Å². The van der Waals surface area contributed by atoms with Crippen LogP contribution < -0.4 is 4.74 Å². The Labute approximate surface area is 196 Å². The second kappa shape index (κ2) is 12.1. The van der Waals surface area contributed by atoms with Crippen LogP contribution >= 0.6 is 0 Å². The Morgan fingerprint density at radius 2 is 1.66 bits per heavy atom. The maximum atomic E-state index is 10.9. The van der Waals surface area contributed by atoms with E-state index in [4.69, 9.17) is 9.84 Å². The van der Waals surface area contributed by atoms with E-state index in [2.05, 4.69) is 67.5 Å². The van der Waals surface area contributed by atoms with Gasteiger partial charge in [0.25, 0.3) is 0 Å². The molecule has 0 spiro atoms. The van der Waals surface area contributed by atoms with Crippen LogP contribution in [0.4, 0.5) is 0 Å². The number of carboxylic acid groups (broad SMARTS) is 1. The zero-order valence-electron chi connectivity index (χ0n) is 21.8. The Hall–Kier alpha value is -2.29. The average molecular weight is 441 g/mol. The first-order valence-corrected chi connectivity index (χ1v) is 11.9. The normalized spacial score (nSPS) is 13.7. The largest absolute Gasteiger partial charge is 0.493 e. The minimum absolute atomic E-state index is 0.0192. The van der Waals surface area contributed by atoms with Crippen molar-refractivity contribution in [2.45, 2.75) is 98.8 Å². The fraction of sp³-hybridized carbons (Fsp3) is 0.552. The van der Waals surface area contributed by atoms with Gasteiger partial charge in [0.1, 0.15) is 5.75 Å². The first-order chi connectivity index (χ1) is 14.8. The Morgan fingerprint density at radius 3 is 2.19 bits per heavy atom. The third-order valence-corrected chi connectivity index (χ3v) is 5.49. The van der Waals surface area contributed by atoms with Gasteiger partial charge in [-0.1, -0.05) is 92.0 Å². The van der Waals surface area contributed by atoms with Crippen LogP contribution in [0.2, 0.25) is 0 Å². The standard InChI is InChI=1S/C29H44O3/c1-10-11-12-13-17-32-27-24(22(3)16-14-15-21(2)18-26(30)31)19-23(28(4,5)6)20-25(27)29(7,8)9/h14-16,18-20H,10-13,17H2,1-9H3,(H,30,31)/b15-14+,21-18+,22-16-. The Kier molecular flexibility index (Phi) is 10.5. The van der Waals surface area contributed by atoms with Gasteiger partial charge >= 0.3 is 5.97 Å². The molecule has 1 N–H and O–H groups in total. The van der Waals surface area contributed by atoms with Crippen LogP contribution in [0.1, 0.15) is 105 Å². The average Bonchev–Trinajstić information content (AvgIpc) is 2.65. The number of allylic oxidation sites excluding steroid dienone is 5. The molecule has 0 aliphatic rings. The number of ether oxygens (including phenoxy) is 1. The Bertz CT molecular complexity index is 856. The molecule has 32 heavy (non-hydrogen) atoms. The maximum Gasteiger partial charge on any atom is 0.328 e. The number of carbonyl (C=O) groups is 1. The smallest absolute Gasteiger partial charge is 0.328 e. The van der Waals surface area contributed by atoms with Gasteiger partial charge in [0.15, 0.2) is 0 Å². The minimum atomic E-state index is -0.931. The summed E-state index contributed by atoms with van der Waals surface area (Å²) in [6.07, 6.45) is 11.7. The molecule has 0 saturated heterocycles. The lowest BCUT2D eigenvalue weighted by molar-refractivity contribution is -0.131. The molecule has 0 heterocycles. The van der Waals surface area contributed by atoms with E-state index in [0.29, 0.717) is 12.2 Å². The van der Waals surface area contributed by atoms with Crippen molar-refractivity contribution in [3.05, 3.63) is 58.7 Å². The quantitative estimate of drug-likeness (QED) is 0.226. The first-order valence-electron chi connectivity index (χ1n) is 11.9. The van der Waals surface area contributed by atoms with Crippen molar-refractivity contribution in [3.63, 3.8) is 0 Å². The zero-order chi connectivity index (χ0) is 24.5. The highest BCUT2D eigenvalue weighted by Gasteiger charge is 2.26. The maximum absolute atomic E-state index is 10.9. The van der Waals surface area contributed by atoms with Gasteiger partial charge < -0.3 is 9.84 Å². The molecule has 0 aliphatic heterocycles. The van der Waals surface area contributed by atoms with Crippen LogP contribution in [0.5, 0.6) is 5.75 Å². The molecule has 1 aromatic rings. The summed E-state index contributed by atoms with van der Waals surface area (Å²) < 4.78 is 6.46. The van der Waals surface area contributed by atoms with Crippen molar-refractivity contribution < 1.29 is 14.6 Å². The van der Waals surface area contributed by atoms with E-state index >= 15 is 0 Å². The van der Waals surface area contributed by atoms with E-state index in [1.807, 2.05) is 18.2 Å². The molecule has 0 saturated carbocycles. The molecule has 0 aliphatic carbocycles. The number of benzene rings is 1. The SMILES string of the molecule is CCCCCCOc1c(\C(C)=C/C=C/C(C)=C/C(=O)O)cc(C(C)(C)C)cc1C(C)(C)C. The van der Waals surface area contributed by atoms with Gasteiger partial charge in [-0.2, -0.15) is 0 Å². The molecule has 0 unspecified atom stereocenters. The molecule has 1 rings (SSSR count). The summed E-state index contributed by atoms with van der Waals surface area (Å²) >= 11 is 0. The third kappa shape index (κ3) is 9.06. The van der Waals surface area contributed by atoms with Crippen LogP contribution in [0.25, 0.3) is 5.57 Å². The van der Waals surface area contributed by atoms with E-state index in [0.717, 1.165) is 23.3 Å². The predicted molar refractivity (Wildman–Crippen MR) is 138 cm³/mol. The number of hydrogen-bond acceptors (Lipinski definition) is 2. The number of hydrogen-bond donors (Lipinski definition) is 1. The number of carboxylic acids is 1. The summed E-state index contributed by atoms with van der Waals surface area (Å²) in [5, 5.41) is 8.91. The molecular formula is C29H44O3. The summed E-state index contributed by atoms with van der Waals surface area (Å²) in [5.74, 6) is 0.0428. The second-order valence-corrected chi connectivity index (χ2v) is 10.7. The third-order valence-electron chi connectivity index (χ3n) is 5.49. The van der Waals surface area contributed by atoms with Gasteiger partial charge in [0.05, 0.1) is 6.61 Å². The Morgan fingerprint density at radius 1 is 1.00 bits per heavy atom. The van der Waals surface area contributed by atoms with Gasteiger partial charge in [0, 0.05) is 17.2 Å². The van der Waals surface area contributed by atoms with Gasteiger partial charge in [-0.05, 0) is 53.9 Å². The molecule has 3 nitrogen and oxygen atoms in total. The molecule has 0 amide bonds. The number of unbranched alkanes of at least 4 members (excludes halogenated alkanes) is 3. The van der Waals surface area contributed by atoms with E-state index in [9.17, 15) is 4.79 Å². The van der Waals surface area contributed by atoms with E-state index in [1.54, 1.807) is 6.92 Å². The minimum Gasteiger partial charge on any atom is -0.493 e. The van der Waals surface area contributed by atoms with Crippen molar-refractivity contribution in [2.24, 2.45) is 0 Å². The van der Waals surface area contributed by atoms with E-state index in [-0.39, 0.29) is 10.8 Å². The monoisotopic (exact) mass is 440 g/mol. The molecular weight excluding hydrogens is 396 g/mol. The van der Waals surface area contributed by atoms with E-state index in [1.165, 1.54) is 36.5 Å². The van der Waals surface area contributed by atoms with Crippen LogP contribution in [-0.4, -0.2) is 17.7 Å². The lowest BCUT2D eigenvalue weighted by Gasteiger charge is -2.29. The van der Waals surface area contributed by atoms with Crippen LogP contribution in [0, 0.1) is 0 Å². The fourth-order valence-electron chi connectivity index (χ4n) is 3.45. The van der Waals surface area contributed by atoms with Gasteiger partial charge in [-0.3, -0.25) is 0 Å². The van der Waals surface area contributed by atoms with Crippen molar-refractivity contribution in [2.75, 3.05) is 6.61 Å². The lowest BCUT2D eigenvalue weighted by Crippen LogP contribution is -2.19. The summed E-state index contributed by atoms with van der Waals surface area (Å²) in [6, 6.07) is 4.57. The molecule has 0 aromatic heterocycles. The fourth-order valence-corrected chi connectivity index (χ4v) is 3.45. The predicted octanol–water partition coefficient (Wildman–Crippen LogP) is 8.23. The van der Waals surface area contributed by atoms with Gasteiger partial charge in [0.2, 0.25) is 0 Å². The van der Waals surface area contributed by atoms with Crippen molar-refractivity contribution >= 4 is 11.5 Å². The topological polar surface area (TPSA) is 46.5 Å². The Balaban J connectivity index is 3.51. The molecule has 0 bridgehead atoms. The molecule has 0 radical (unpaired) electrons. The highest BCUT2D eigenvalue weighted by molar-refractivity contribution is 5.81. The van der Waals surface area contributed by atoms with Crippen LogP contribution in [-0.2, 0) is 15.6 Å². The first kappa shape index (κ1) is 27.7. The van der Waals surface area contributed by atoms with Gasteiger partial charge in [-0.15, -0.1) is 0 Å². The number of rotatable bonds is 10. The van der Waals surface area contributed by atoms with Crippen molar-refractivity contribution in [1.82, 2.24) is 0 Å². The zero-order valence-corrected chi connectivity index (χ0v) is 21.8. The summed E-state index contributed by atoms with van der Waals surface area (Å²) in [6.45, 7) is 20.2. The molecule has 3 heteroatoms. The van der Waals surface area contributed by atoms with Crippen molar-refractivity contribution in [1.29, 1.82) is 0 Å². The lowest BCUT2D eigenvalue weighted by atomic mass is 9.78. The number of aliphatic carboxylic acids is 1. The highest BCUT2D eigenvalue weighted by atomic mass is 16.5. The molecule has 178 valence electrons. The molecule has 0 fully saturated rings. The van der Waals surface area contributed by atoms with Crippen LogP contribution in [0.15, 0.2) is 42.0 Å². The molecule has 0 atom stereocenters. The van der Waals surface area contributed by atoms with Gasteiger partial charge in [-0.25, -0.2) is 4.79 Å².